The van der Waals surface area contributed by atoms with Crippen molar-refractivity contribution in [3.8, 4) is 0 Å². The molecule has 0 aliphatic heterocycles. The quantitative estimate of drug-likeness (QED) is 0.876. The van der Waals surface area contributed by atoms with Crippen LogP contribution >= 0.6 is 0 Å². The minimum absolute atomic E-state index is 0.155. The lowest BCUT2D eigenvalue weighted by molar-refractivity contribution is 0.213. The maximum atomic E-state index is 13.8. The van der Waals surface area contributed by atoms with Gasteiger partial charge in [0.1, 0.15) is 23.6 Å². The van der Waals surface area contributed by atoms with E-state index in [1.54, 1.807) is 6.92 Å². The van der Waals surface area contributed by atoms with Gasteiger partial charge in [-0.1, -0.05) is 6.07 Å². The molecule has 1 nitrogen and oxygen atoms in total. The molecule has 4 heteroatoms. The fraction of sp³-hybridized carbons (Fsp3) is 0.200. The topological polar surface area (TPSA) is 20.2 Å². The minimum atomic E-state index is -1.32. The molecule has 19 heavy (non-hydrogen) atoms. The highest BCUT2D eigenvalue weighted by Crippen LogP contribution is 2.28. The van der Waals surface area contributed by atoms with Crippen LogP contribution in [0.15, 0.2) is 30.3 Å². The molecule has 0 fully saturated rings. The SMILES string of the molecule is Cc1cc(F)c(C(O)c2ccc(F)cc2C)cc1F. The highest BCUT2D eigenvalue weighted by Gasteiger charge is 2.19. The number of aryl methyl sites for hydroxylation is 2. The average Bonchev–Trinajstić information content (AvgIpc) is 2.33. The van der Waals surface area contributed by atoms with Gasteiger partial charge in [0, 0.05) is 5.56 Å². The first-order valence-corrected chi connectivity index (χ1v) is 5.80. The molecule has 0 heterocycles. The molecule has 0 bridgehead atoms. The van der Waals surface area contributed by atoms with Crippen LogP contribution in [0.1, 0.15) is 28.4 Å². The summed E-state index contributed by atoms with van der Waals surface area (Å²) >= 11 is 0. The summed E-state index contributed by atoms with van der Waals surface area (Å²) in [6.45, 7) is 3.04. The van der Waals surface area contributed by atoms with Crippen LogP contribution in [-0.4, -0.2) is 5.11 Å². The van der Waals surface area contributed by atoms with Crippen molar-refractivity contribution in [3.63, 3.8) is 0 Å². The fourth-order valence-electron chi connectivity index (χ4n) is 1.98. The summed E-state index contributed by atoms with van der Waals surface area (Å²) in [5, 5.41) is 10.1. The molecule has 0 spiro atoms. The van der Waals surface area contributed by atoms with Crippen molar-refractivity contribution in [1.29, 1.82) is 0 Å². The molecule has 0 aliphatic carbocycles. The number of halogens is 3. The van der Waals surface area contributed by atoms with Crippen LogP contribution < -0.4 is 0 Å². The molecule has 2 aromatic rings. The molecule has 0 saturated carbocycles. The van der Waals surface area contributed by atoms with E-state index in [9.17, 15) is 18.3 Å². The van der Waals surface area contributed by atoms with Crippen LogP contribution in [0.3, 0.4) is 0 Å². The normalized spacial score (nSPS) is 12.5. The van der Waals surface area contributed by atoms with Crippen LogP contribution in [-0.2, 0) is 0 Å². The Bertz CT molecular complexity index is 623. The first-order valence-electron chi connectivity index (χ1n) is 5.80. The minimum Gasteiger partial charge on any atom is -0.384 e. The van der Waals surface area contributed by atoms with E-state index in [1.165, 1.54) is 25.1 Å². The second-order valence-corrected chi connectivity index (χ2v) is 4.53. The Morgan fingerprint density at radius 2 is 1.53 bits per heavy atom. The summed E-state index contributed by atoms with van der Waals surface area (Å²) in [6.07, 6.45) is -1.32. The number of rotatable bonds is 2. The zero-order valence-corrected chi connectivity index (χ0v) is 10.5. The summed E-state index contributed by atoms with van der Waals surface area (Å²) in [7, 11) is 0. The summed E-state index contributed by atoms with van der Waals surface area (Å²) in [6, 6.07) is 5.78. The molecule has 2 rings (SSSR count). The first-order chi connectivity index (χ1) is 8.90. The Hall–Kier alpha value is -1.81. The molecule has 0 radical (unpaired) electrons. The Morgan fingerprint density at radius 3 is 2.16 bits per heavy atom. The molecule has 100 valence electrons. The molecule has 1 unspecified atom stereocenters. The van der Waals surface area contributed by atoms with Crippen LogP contribution in [0, 0.1) is 31.3 Å². The third kappa shape index (κ3) is 2.63. The van der Waals surface area contributed by atoms with E-state index in [0.717, 1.165) is 12.1 Å². The van der Waals surface area contributed by atoms with Gasteiger partial charge in [-0.15, -0.1) is 0 Å². The predicted molar refractivity (Wildman–Crippen MR) is 66.3 cm³/mol. The van der Waals surface area contributed by atoms with Crippen molar-refractivity contribution in [2.45, 2.75) is 20.0 Å². The number of hydrogen-bond acceptors (Lipinski definition) is 1. The molecule has 0 aromatic heterocycles. The van der Waals surface area contributed by atoms with Gasteiger partial charge in [0.05, 0.1) is 0 Å². The first kappa shape index (κ1) is 13.6. The second kappa shape index (κ2) is 5.05. The predicted octanol–water partition coefficient (Wildman–Crippen LogP) is 3.80. The molecule has 0 amide bonds. The number of benzene rings is 2. The highest BCUT2D eigenvalue weighted by molar-refractivity contribution is 5.37. The van der Waals surface area contributed by atoms with E-state index in [1.807, 2.05) is 0 Å². The second-order valence-electron chi connectivity index (χ2n) is 4.53. The zero-order chi connectivity index (χ0) is 14.2. The van der Waals surface area contributed by atoms with E-state index in [2.05, 4.69) is 0 Å². The molecule has 1 N–H and O–H groups in total. The van der Waals surface area contributed by atoms with Gasteiger partial charge in [0.25, 0.3) is 0 Å². The summed E-state index contributed by atoms with van der Waals surface area (Å²) in [5.74, 6) is -1.71. The van der Waals surface area contributed by atoms with E-state index in [4.69, 9.17) is 0 Å². The molecule has 2 aromatic carbocycles. The van der Waals surface area contributed by atoms with Crippen molar-refractivity contribution in [3.05, 3.63) is 70.0 Å². The lowest BCUT2D eigenvalue weighted by atomic mass is 9.96. The fourth-order valence-corrected chi connectivity index (χ4v) is 1.98. The molecular formula is C15H13F3O. The van der Waals surface area contributed by atoms with Crippen molar-refractivity contribution < 1.29 is 18.3 Å². The standard InChI is InChI=1S/C15H13F3O/c1-8-5-10(16)3-4-11(8)15(19)12-7-13(17)9(2)6-14(12)18/h3-7,15,19H,1-2H3. The Morgan fingerprint density at radius 1 is 0.842 bits per heavy atom. The largest absolute Gasteiger partial charge is 0.384 e. The van der Waals surface area contributed by atoms with Gasteiger partial charge in [0.15, 0.2) is 0 Å². The molecule has 0 saturated heterocycles. The average molecular weight is 266 g/mol. The zero-order valence-electron chi connectivity index (χ0n) is 10.5. The summed E-state index contributed by atoms with van der Waals surface area (Å²) in [4.78, 5) is 0. The molecular weight excluding hydrogens is 253 g/mol. The van der Waals surface area contributed by atoms with E-state index in [0.29, 0.717) is 11.1 Å². The lowest BCUT2D eigenvalue weighted by Crippen LogP contribution is -2.06. The maximum absolute atomic E-state index is 13.8. The van der Waals surface area contributed by atoms with Gasteiger partial charge in [-0.25, -0.2) is 13.2 Å². The van der Waals surface area contributed by atoms with Gasteiger partial charge in [-0.2, -0.15) is 0 Å². The number of aliphatic hydroxyl groups excluding tert-OH is 1. The van der Waals surface area contributed by atoms with Crippen LogP contribution in [0.4, 0.5) is 13.2 Å². The summed E-state index contributed by atoms with van der Waals surface area (Å²) in [5.41, 5.74) is 0.846. The van der Waals surface area contributed by atoms with Crippen molar-refractivity contribution in [1.82, 2.24) is 0 Å². The van der Waals surface area contributed by atoms with Gasteiger partial charge >= 0.3 is 0 Å². The molecule has 0 aliphatic rings. The number of hydrogen-bond donors (Lipinski definition) is 1. The Labute approximate surface area is 109 Å². The Kier molecular flexibility index (Phi) is 3.62. The van der Waals surface area contributed by atoms with E-state index >= 15 is 0 Å². The van der Waals surface area contributed by atoms with E-state index in [-0.39, 0.29) is 11.1 Å². The lowest BCUT2D eigenvalue weighted by Gasteiger charge is -2.15. The van der Waals surface area contributed by atoms with Crippen molar-refractivity contribution in [2.24, 2.45) is 0 Å². The van der Waals surface area contributed by atoms with E-state index < -0.39 is 23.6 Å². The van der Waals surface area contributed by atoms with Crippen LogP contribution in [0.25, 0.3) is 0 Å². The van der Waals surface area contributed by atoms with Gasteiger partial charge in [-0.05, 0) is 54.8 Å². The third-order valence-electron chi connectivity index (χ3n) is 3.10. The van der Waals surface area contributed by atoms with Crippen LogP contribution in [0.2, 0.25) is 0 Å². The molecule has 1 atom stereocenters. The van der Waals surface area contributed by atoms with Crippen LogP contribution in [0.5, 0.6) is 0 Å². The van der Waals surface area contributed by atoms with Gasteiger partial charge in [-0.3, -0.25) is 0 Å². The van der Waals surface area contributed by atoms with Crippen molar-refractivity contribution in [2.75, 3.05) is 0 Å². The smallest absolute Gasteiger partial charge is 0.129 e. The third-order valence-corrected chi connectivity index (χ3v) is 3.10. The van der Waals surface area contributed by atoms with Gasteiger partial charge < -0.3 is 5.11 Å². The van der Waals surface area contributed by atoms with Crippen molar-refractivity contribution >= 4 is 0 Å². The van der Waals surface area contributed by atoms with Gasteiger partial charge in [0.2, 0.25) is 0 Å². The number of aliphatic hydroxyl groups is 1. The highest BCUT2D eigenvalue weighted by atomic mass is 19.1. The Balaban J connectivity index is 2.49. The monoisotopic (exact) mass is 266 g/mol. The maximum Gasteiger partial charge on any atom is 0.129 e. The summed E-state index contributed by atoms with van der Waals surface area (Å²) < 4.78 is 40.2.